The lowest BCUT2D eigenvalue weighted by molar-refractivity contribution is 0.723. The fraction of sp³-hybridized carbons (Fsp3) is 0.176. The minimum absolute atomic E-state index is 0.0540. The van der Waals surface area contributed by atoms with E-state index in [2.05, 4.69) is 27.5 Å². The molecule has 4 heteroatoms. The van der Waals surface area contributed by atoms with Gasteiger partial charge in [-0.2, -0.15) is 0 Å². The van der Waals surface area contributed by atoms with Gasteiger partial charge in [0.05, 0.1) is 16.6 Å². The third-order valence-corrected chi connectivity index (χ3v) is 3.98. The van der Waals surface area contributed by atoms with Gasteiger partial charge in [-0.25, -0.2) is 0 Å². The van der Waals surface area contributed by atoms with E-state index in [0.29, 0.717) is 5.39 Å². The van der Waals surface area contributed by atoms with Crippen molar-refractivity contribution >= 4 is 32.7 Å². The zero-order valence-corrected chi connectivity index (χ0v) is 11.8. The monoisotopic (exact) mass is 277 g/mol. The van der Waals surface area contributed by atoms with Crippen molar-refractivity contribution in [3.8, 4) is 0 Å². The third-order valence-electron chi connectivity index (χ3n) is 3.98. The van der Waals surface area contributed by atoms with Crippen molar-refractivity contribution < 1.29 is 0 Å². The van der Waals surface area contributed by atoms with Gasteiger partial charge in [0.15, 0.2) is 0 Å². The van der Waals surface area contributed by atoms with Crippen LogP contribution in [0.25, 0.3) is 32.7 Å². The summed E-state index contributed by atoms with van der Waals surface area (Å²) in [5, 5.41) is 2.75. The van der Waals surface area contributed by atoms with Crippen LogP contribution in [-0.4, -0.2) is 14.5 Å². The molecule has 0 atom stereocenters. The predicted octanol–water partition coefficient (Wildman–Crippen LogP) is 3.44. The molecule has 4 aromatic rings. The van der Waals surface area contributed by atoms with Crippen LogP contribution in [0.5, 0.6) is 0 Å². The van der Waals surface area contributed by atoms with Crippen LogP contribution < -0.4 is 5.56 Å². The summed E-state index contributed by atoms with van der Waals surface area (Å²) < 4.78 is 2.29. The standard InChI is InChI=1S/C17H15N3O/c1-2-10-20-13-6-5-12-11(7-9-19-17(12)21)15(13)16-14(20)4-3-8-18-16/h3-9H,2,10H2,1H3,(H,19,21). The summed E-state index contributed by atoms with van der Waals surface area (Å²) >= 11 is 0. The number of hydrogen-bond donors (Lipinski definition) is 1. The molecule has 0 spiro atoms. The van der Waals surface area contributed by atoms with Gasteiger partial charge in [-0.3, -0.25) is 9.78 Å². The lowest BCUT2D eigenvalue weighted by atomic mass is 10.1. The lowest BCUT2D eigenvalue weighted by Gasteiger charge is -2.05. The van der Waals surface area contributed by atoms with E-state index in [1.165, 1.54) is 0 Å². The van der Waals surface area contributed by atoms with Gasteiger partial charge in [0.1, 0.15) is 0 Å². The fourth-order valence-electron chi connectivity index (χ4n) is 3.13. The third kappa shape index (κ3) is 1.62. The van der Waals surface area contributed by atoms with Gasteiger partial charge in [-0.15, -0.1) is 0 Å². The van der Waals surface area contributed by atoms with Crippen molar-refractivity contribution in [3.63, 3.8) is 0 Å². The van der Waals surface area contributed by atoms with Crippen LogP contribution >= 0.6 is 0 Å². The highest BCUT2D eigenvalue weighted by atomic mass is 16.1. The van der Waals surface area contributed by atoms with Gasteiger partial charge >= 0.3 is 0 Å². The Balaban J connectivity index is 2.32. The number of aromatic amines is 1. The fourth-order valence-corrected chi connectivity index (χ4v) is 3.13. The van der Waals surface area contributed by atoms with Crippen LogP contribution in [0.15, 0.2) is 47.5 Å². The van der Waals surface area contributed by atoms with Crippen LogP contribution in [0.4, 0.5) is 0 Å². The Kier molecular flexibility index (Phi) is 2.57. The molecule has 0 saturated carbocycles. The maximum absolute atomic E-state index is 12.0. The second kappa shape index (κ2) is 4.45. The zero-order valence-electron chi connectivity index (χ0n) is 11.8. The van der Waals surface area contributed by atoms with Crippen LogP contribution in [0.3, 0.4) is 0 Å². The summed E-state index contributed by atoms with van der Waals surface area (Å²) in [7, 11) is 0. The number of benzene rings is 1. The van der Waals surface area contributed by atoms with Crippen molar-refractivity contribution in [1.29, 1.82) is 0 Å². The maximum atomic E-state index is 12.0. The number of nitrogens with zero attached hydrogens (tertiary/aromatic N) is 2. The summed E-state index contributed by atoms with van der Waals surface area (Å²) in [6.07, 6.45) is 4.57. The van der Waals surface area contributed by atoms with Crippen LogP contribution in [-0.2, 0) is 6.54 Å². The molecule has 0 aliphatic carbocycles. The molecule has 3 aromatic heterocycles. The molecule has 3 heterocycles. The topological polar surface area (TPSA) is 50.7 Å². The second-order valence-corrected chi connectivity index (χ2v) is 5.25. The van der Waals surface area contributed by atoms with E-state index in [1.807, 2.05) is 30.5 Å². The molecule has 4 rings (SSSR count). The minimum Gasteiger partial charge on any atom is -0.339 e. The largest absolute Gasteiger partial charge is 0.339 e. The van der Waals surface area contributed by atoms with Crippen molar-refractivity contribution in [2.24, 2.45) is 0 Å². The molecular weight excluding hydrogens is 262 g/mol. The Morgan fingerprint density at radius 3 is 2.90 bits per heavy atom. The number of H-pyrrole nitrogens is 1. The number of aryl methyl sites for hydroxylation is 1. The molecule has 21 heavy (non-hydrogen) atoms. The van der Waals surface area contributed by atoms with Crippen LogP contribution in [0.2, 0.25) is 0 Å². The molecule has 0 unspecified atom stereocenters. The average Bonchev–Trinajstić information content (AvgIpc) is 2.83. The number of nitrogens with one attached hydrogen (secondary N) is 1. The van der Waals surface area contributed by atoms with Gasteiger partial charge < -0.3 is 9.55 Å². The average molecular weight is 277 g/mol. The lowest BCUT2D eigenvalue weighted by Crippen LogP contribution is -2.04. The molecule has 0 aliphatic heterocycles. The van der Waals surface area contributed by atoms with Crippen LogP contribution in [0.1, 0.15) is 13.3 Å². The molecule has 0 amide bonds. The first-order valence-electron chi connectivity index (χ1n) is 7.18. The Bertz CT molecular complexity index is 1030. The van der Waals surface area contributed by atoms with Gasteiger partial charge in [-0.05, 0) is 36.8 Å². The minimum atomic E-state index is -0.0540. The molecule has 1 aromatic carbocycles. The highest BCUT2D eigenvalue weighted by molar-refractivity contribution is 6.19. The molecular formula is C17H15N3O. The van der Waals surface area contributed by atoms with Gasteiger partial charge in [0, 0.05) is 35.1 Å². The number of fused-ring (bicyclic) bond motifs is 5. The highest BCUT2D eigenvalue weighted by Crippen LogP contribution is 2.32. The van der Waals surface area contributed by atoms with Crippen LogP contribution in [0, 0.1) is 0 Å². The quantitative estimate of drug-likeness (QED) is 0.610. The molecule has 0 radical (unpaired) electrons. The van der Waals surface area contributed by atoms with E-state index in [0.717, 1.165) is 40.3 Å². The summed E-state index contributed by atoms with van der Waals surface area (Å²) in [5.41, 5.74) is 3.18. The Morgan fingerprint density at radius 1 is 1.14 bits per heavy atom. The molecule has 0 bridgehead atoms. The zero-order chi connectivity index (χ0) is 14.4. The molecule has 104 valence electrons. The van der Waals surface area contributed by atoms with E-state index in [1.54, 1.807) is 6.20 Å². The van der Waals surface area contributed by atoms with Gasteiger partial charge in [0.25, 0.3) is 5.56 Å². The molecule has 0 saturated heterocycles. The number of hydrogen-bond acceptors (Lipinski definition) is 2. The first-order valence-corrected chi connectivity index (χ1v) is 7.18. The Morgan fingerprint density at radius 2 is 2.05 bits per heavy atom. The van der Waals surface area contributed by atoms with Crippen molar-refractivity contribution in [1.82, 2.24) is 14.5 Å². The van der Waals surface area contributed by atoms with E-state index < -0.39 is 0 Å². The van der Waals surface area contributed by atoms with Gasteiger partial charge in [0.2, 0.25) is 0 Å². The smallest absolute Gasteiger partial charge is 0.255 e. The van der Waals surface area contributed by atoms with E-state index in [-0.39, 0.29) is 5.56 Å². The molecule has 0 aliphatic rings. The molecule has 4 nitrogen and oxygen atoms in total. The summed E-state index contributed by atoms with van der Waals surface area (Å²) in [6, 6.07) is 9.95. The van der Waals surface area contributed by atoms with E-state index >= 15 is 0 Å². The number of rotatable bonds is 2. The first kappa shape index (κ1) is 12.1. The summed E-state index contributed by atoms with van der Waals surface area (Å²) in [4.78, 5) is 19.3. The first-order chi connectivity index (χ1) is 10.3. The van der Waals surface area contributed by atoms with Crippen molar-refractivity contribution in [3.05, 3.63) is 53.1 Å². The Hall–Kier alpha value is -2.62. The second-order valence-electron chi connectivity index (χ2n) is 5.25. The van der Waals surface area contributed by atoms with E-state index in [4.69, 9.17) is 0 Å². The van der Waals surface area contributed by atoms with Gasteiger partial charge in [-0.1, -0.05) is 6.92 Å². The maximum Gasteiger partial charge on any atom is 0.255 e. The number of aromatic nitrogens is 3. The summed E-state index contributed by atoms with van der Waals surface area (Å²) in [6.45, 7) is 3.11. The predicted molar refractivity (Wildman–Crippen MR) is 85.7 cm³/mol. The highest BCUT2D eigenvalue weighted by Gasteiger charge is 2.14. The SMILES string of the molecule is CCCn1c2cccnc2c2c3cc[nH]c(=O)c3ccc21. The van der Waals surface area contributed by atoms with E-state index in [9.17, 15) is 4.79 Å². The molecule has 1 N–H and O–H groups in total. The summed E-state index contributed by atoms with van der Waals surface area (Å²) in [5.74, 6) is 0. The Labute approximate surface area is 121 Å². The normalized spacial score (nSPS) is 11.7. The number of pyridine rings is 2. The molecule has 0 fully saturated rings. The van der Waals surface area contributed by atoms with Crippen molar-refractivity contribution in [2.45, 2.75) is 19.9 Å². The van der Waals surface area contributed by atoms with Crippen molar-refractivity contribution in [2.75, 3.05) is 0 Å².